The lowest BCUT2D eigenvalue weighted by atomic mass is 10.1. The van der Waals surface area contributed by atoms with Crippen molar-refractivity contribution < 1.29 is 19.4 Å². The first-order valence-electron chi connectivity index (χ1n) is 8.16. The van der Waals surface area contributed by atoms with Gasteiger partial charge in [0.15, 0.2) is 5.69 Å². The average Bonchev–Trinajstić information content (AvgIpc) is 3.02. The van der Waals surface area contributed by atoms with E-state index in [1.165, 1.54) is 13.3 Å². The summed E-state index contributed by atoms with van der Waals surface area (Å²) in [5.41, 5.74) is 1.98. The number of fused-ring (bicyclic) bond motifs is 3. The first-order chi connectivity index (χ1) is 13.1. The van der Waals surface area contributed by atoms with Gasteiger partial charge in [-0.3, -0.25) is 0 Å². The normalized spacial score (nSPS) is 11.2. The molecule has 0 saturated heterocycles. The van der Waals surface area contributed by atoms with Gasteiger partial charge >= 0.3 is 5.97 Å². The number of pyridine rings is 1. The van der Waals surface area contributed by atoms with Gasteiger partial charge in [-0.1, -0.05) is 23.7 Å². The zero-order valence-electron chi connectivity index (χ0n) is 14.3. The fourth-order valence-electron chi connectivity index (χ4n) is 3.18. The van der Waals surface area contributed by atoms with Crippen LogP contribution < -0.4 is 4.74 Å². The van der Waals surface area contributed by atoms with Crippen LogP contribution in [0.4, 0.5) is 0 Å². The molecular weight excluding hydrogens is 368 g/mol. The lowest BCUT2D eigenvalue weighted by Gasteiger charge is -2.10. The van der Waals surface area contributed by atoms with Crippen LogP contribution >= 0.6 is 11.6 Å². The molecule has 2 aromatic carbocycles. The largest absolute Gasteiger partial charge is 0.477 e. The number of carboxylic acids is 1. The molecule has 0 saturated carbocycles. The number of rotatable bonds is 5. The van der Waals surface area contributed by atoms with Crippen molar-refractivity contribution in [3.63, 3.8) is 0 Å². The number of ether oxygens (including phenoxy) is 2. The molecule has 0 radical (unpaired) electrons. The first-order valence-corrected chi connectivity index (χ1v) is 8.54. The van der Waals surface area contributed by atoms with Crippen molar-refractivity contribution in [1.29, 1.82) is 0 Å². The molecule has 136 valence electrons. The Labute approximate surface area is 159 Å². The summed E-state index contributed by atoms with van der Waals surface area (Å²) in [5, 5.41) is 11.6. The predicted octanol–water partition coefficient (Wildman–Crippen LogP) is 5.01. The van der Waals surface area contributed by atoms with E-state index in [0.29, 0.717) is 27.6 Å². The monoisotopic (exact) mass is 382 g/mol. The molecule has 0 fully saturated rings. The van der Waals surface area contributed by atoms with Crippen LogP contribution in [0.15, 0.2) is 48.7 Å². The van der Waals surface area contributed by atoms with Crippen LogP contribution in [0.2, 0.25) is 5.02 Å². The van der Waals surface area contributed by atoms with Crippen LogP contribution in [-0.4, -0.2) is 28.2 Å². The van der Waals surface area contributed by atoms with Gasteiger partial charge < -0.3 is 19.6 Å². The molecule has 0 aliphatic heterocycles. The Kier molecular flexibility index (Phi) is 4.43. The molecule has 2 heterocycles. The van der Waals surface area contributed by atoms with Crippen LogP contribution in [0.3, 0.4) is 0 Å². The zero-order valence-corrected chi connectivity index (χ0v) is 15.1. The van der Waals surface area contributed by atoms with Gasteiger partial charge in [-0.05, 0) is 30.3 Å². The molecule has 0 amide bonds. The number of hydrogen-bond donors (Lipinski definition) is 2. The minimum absolute atomic E-state index is 0.0391. The van der Waals surface area contributed by atoms with Crippen LogP contribution in [0, 0.1) is 0 Å². The van der Waals surface area contributed by atoms with Crippen molar-refractivity contribution in [2.45, 2.75) is 6.61 Å². The van der Waals surface area contributed by atoms with Crippen LogP contribution in [0.5, 0.6) is 11.5 Å². The summed E-state index contributed by atoms with van der Waals surface area (Å²) in [6, 6.07) is 12.7. The maximum atomic E-state index is 11.6. The molecule has 2 aromatic heterocycles. The number of nitrogens with one attached hydrogen (secondary N) is 1. The summed E-state index contributed by atoms with van der Waals surface area (Å²) >= 11 is 6.05. The van der Waals surface area contributed by atoms with Crippen LogP contribution in [0.1, 0.15) is 16.1 Å². The van der Waals surface area contributed by atoms with E-state index in [1.807, 2.05) is 18.2 Å². The van der Waals surface area contributed by atoms with Crippen molar-refractivity contribution in [3.05, 3.63) is 64.9 Å². The van der Waals surface area contributed by atoms with E-state index in [1.54, 1.807) is 24.3 Å². The van der Waals surface area contributed by atoms with Gasteiger partial charge in [0.2, 0.25) is 0 Å². The molecular formula is C20H15ClN2O4. The third-order valence-electron chi connectivity index (χ3n) is 4.24. The molecule has 0 unspecified atom stereocenters. The van der Waals surface area contributed by atoms with Crippen molar-refractivity contribution in [1.82, 2.24) is 9.97 Å². The number of halogens is 1. The van der Waals surface area contributed by atoms with Crippen LogP contribution in [-0.2, 0) is 11.3 Å². The Hall–Kier alpha value is -3.09. The lowest BCUT2D eigenvalue weighted by Crippen LogP contribution is -2.07. The molecule has 2 N–H and O–H groups in total. The molecule has 4 aromatic rings. The predicted molar refractivity (Wildman–Crippen MR) is 103 cm³/mol. The fraction of sp³-hybridized carbons (Fsp3) is 0.100. The molecule has 0 aliphatic rings. The minimum atomic E-state index is -1.11. The highest BCUT2D eigenvalue weighted by Crippen LogP contribution is 2.38. The van der Waals surface area contributed by atoms with Gasteiger partial charge in [0.1, 0.15) is 11.5 Å². The summed E-state index contributed by atoms with van der Waals surface area (Å²) in [5.74, 6) is 0.0672. The summed E-state index contributed by atoms with van der Waals surface area (Å²) in [6.45, 7) is 0.116. The van der Waals surface area contributed by atoms with Crippen molar-refractivity contribution in [2.24, 2.45) is 0 Å². The number of aromatic amines is 1. The third kappa shape index (κ3) is 3.09. The number of aromatic nitrogens is 2. The summed E-state index contributed by atoms with van der Waals surface area (Å²) < 4.78 is 11.3. The van der Waals surface area contributed by atoms with E-state index in [0.717, 1.165) is 16.3 Å². The Bertz CT molecular complexity index is 1170. The SMILES string of the molecule is COCc1c(C(=O)O)ncc2[nH]c3cccc(Oc4cccc(Cl)c4)c3c12. The molecule has 6 nitrogen and oxygen atoms in total. The number of hydrogen-bond acceptors (Lipinski definition) is 4. The first kappa shape index (κ1) is 17.3. The third-order valence-corrected chi connectivity index (χ3v) is 4.48. The Morgan fingerprint density at radius 1 is 1.19 bits per heavy atom. The minimum Gasteiger partial charge on any atom is -0.477 e. The number of carboxylic acid groups (broad SMARTS) is 1. The van der Waals surface area contributed by atoms with Crippen LogP contribution in [0.25, 0.3) is 21.8 Å². The van der Waals surface area contributed by atoms with E-state index in [2.05, 4.69) is 9.97 Å². The number of H-pyrrole nitrogens is 1. The topological polar surface area (TPSA) is 84.4 Å². The maximum Gasteiger partial charge on any atom is 0.354 e. The van der Waals surface area contributed by atoms with Gasteiger partial charge in [0.25, 0.3) is 0 Å². The molecule has 7 heteroatoms. The number of carbonyl (C=O) groups is 1. The number of benzene rings is 2. The number of nitrogens with zero attached hydrogens (tertiary/aromatic N) is 1. The molecule has 27 heavy (non-hydrogen) atoms. The van der Waals surface area contributed by atoms with E-state index in [4.69, 9.17) is 21.1 Å². The van der Waals surface area contributed by atoms with E-state index in [-0.39, 0.29) is 12.3 Å². The van der Waals surface area contributed by atoms with Gasteiger partial charge in [0, 0.05) is 23.1 Å². The van der Waals surface area contributed by atoms with E-state index in [9.17, 15) is 9.90 Å². The zero-order chi connectivity index (χ0) is 19.0. The van der Waals surface area contributed by atoms with E-state index >= 15 is 0 Å². The molecule has 0 atom stereocenters. The van der Waals surface area contributed by atoms with E-state index < -0.39 is 5.97 Å². The average molecular weight is 383 g/mol. The summed E-state index contributed by atoms with van der Waals surface area (Å²) in [6.07, 6.45) is 1.51. The summed E-state index contributed by atoms with van der Waals surface area (Å²) in [4.78, 5) is 19.0. The lowest BCUT2D eigenvalue weighted by molar-refractivity contribution is 0.0685. The Morgan fingerprint density at radius 2 is 2.00 bits per heavy atom. The number of methoxy groups -OCH3 is 1. The molecule has 0 spiro atoms. The fourth-order valence-corrected chi connectivity index (χ4v) is 3.36. The van der Waals surface area contributed by atoms with Gasteiger partial charge in [0.05, 0.1) is 29.2 Å². The van der Waals surface area contributed by atoms with Gasteiger partial charge in [-0.2, -0.15) is 0 Å². The smallest absolute Gasteiger partial charge is 0.354 e. The Morgan fingerprint density at radius 3 is 2.74 bits per heavy atom. The van der Waals surface area contributed by atoms with Crippen molar-refractivity contribution >= 4 is 39.4 Å². The second-order valence-electron chi connectivity index (χ2n) is 5.98. The highest BCUT2D eigenvalue weighted by Gasteiger charge is 2.20. The highest BCUT2D eigenvalue weighted by molar-refractivity contribution is 6.30. The standard InChI is InChI=1S/C20H15ClN2O4/c1-26-10-13-17-15(9-22-19(13)20(24)25)23-14-6-3-7-16(18(14)17)27-12-5-2-4-11(21)8-12/h2-9,23H,10H2,1H3,(H,24,25). The Balaban J connectivity index is 2.00. The molecule has 4 rings (SSSR count). The quantitative estimate of drug-likeness (QED) is 0.507. The van der Waals surface area contributed by atoms with Gasteiger partial charge in [-0.15, -0.1) is 0 Å². The second kappa shape index (κ2) is 6.90. The van der Waals surface area contributed by atoms with Crippen molar-refractivity contribution in [3.8, 4) is 11.5 Å². The maximum absolute atomic E-state index is 11.6. The number of aromatic carboxylic acids is 1. The summed E-state index contributed by atoms with van der Waals surface area (Å²) in [7, 11) is 1.52. The van der Waals surface area contributed by atoms with Crippen molar-refractivity contribution in [2.75, 3.05) is 7.11 Å². The highest BCUT2D eigenvalue weighted by atomic mass is 35.5. The molecule has 0 aliphatic carbocycles. The molecule has 0 bridgehead atoms. The van der Waals surface area contributed by atoms with Gasteiger partial charge in [-0.25, -0.2) is 9.78 Å². The second-order valence-corrected chi connectivity index (χ2v) is 6.41.